The second-order valence-corrected chi connectivity index (χ2v) is 9.50. The highest BCUT2D eigenvalue weighted by molar-refractivity contribution is 7.98. The first-order chi connectivity index (χ1) is 13.8. The molecule has 1 fully saturated rings. The SMILES string of the molecule is CSCC1CC(C)CN(c2ccnc(-c3cnc4sc(C(F)(F)F)cn34)n2)C1C. The van der Waals surface area contributed by atoms with Gasteiger partial charge in [-0.2, -0.15) is 24.9 Å². The fourth-order valence-electron chi connectivity index (χ4n) is 3.98. The minimum atomic E-state index is -4.39. The van der Waals surface area contributed by atoms with Crippen LogP contribution in [-0.2, 0) is 6.18 Å². The number of hydrogen-bond acceptors (Lipinski definition) is 6. The van der Waals surface area contributed by atoms with Crippen LogP contribution in [0.4, 0.5) is 19.0 Å². The molecule has 0 saturated carbocycles. The lowest BCUT2D eigenvalue weighted by Crippen LogP contribution is -2.48. The first kappa shape index (κ1) is 20.5. The third-order valence-corrected chi connectivity index (χ3v) is 7.23. The van der Waals surface area contributed by atoms with Gasteiger partial charge < -0.3 is 4.90 Å². The first-order valence-corrected chi connectivity index (χ1v) is 11.6. The summed E-state index contributed by atoms with van der Waals surface area (Å²) < 4.78 is 40.6. The average Bonchev–Trinajstić information content (AvgIpc) is 3.25. The highest BCUT2D eigenvalue weighted by Crippen LogP contribution is 2.37. The molecule has 3 unspecified atom stereocenters. The zero-order valence-corrected chi connectivity index (χ0v) is 18.0. The number of alkyl halides is 3. The maximum absolute atomic E-state index is 13.1. The Morgan fingerprint density at radius 2 is 2.07 bits per heavy atom. The molecule has 0 spiro atoms. The quantitative estimate of drug-likeness (QED) is 0.565. The maximum Gasteiger partial charge on any atom is 0.427 e. The van der Waals surface area contributed by atoms with Crippen LogP contribution in [0.15, 0.2) is 24.7 Å². The molecule has 0 aliphatic carbocycles. The summed E-state index contributed by atoms with van der Waals surface area (Å²) in [6, 6.07) is 2.21. The summed E-state index contributed by atoms with van der Waals surface area (Å²) in [6.45, 7) is 5.37. The van der Waals surface area contributed by atoms with E-state index in [4.69, 9.17) is 4.98 Å². The zero-order chi connectivity index (χ0) is 20.8. The predicted molar refractivity (Wildman–Crippen MR) is 112 cm³/mol. The molecule has 4 heterocycles. The van der Waals surface area contributed by atoms with Crippen molar-refractivity contribution in [1.29, 1.82) is 0 Å². The van der Waals surface area contributed by atoms with Crippen LogP contribution in [0.2, 0.25) is 0 Å². The molecule has 0 amide bonds. The molecule has 1 aliphatic rings. The van der Waals surface area contributed by atoms with E-state index in [1.54, 1.807) is 6.20 Å². The summed E-state index contributed by atoms with van der Waals surface area (Å²) in [5.74, 6) is 3.41. The molecular weight excluding hydrogens is 419 g/mol. The average molecular weight is 442 g/mol. The van der Waals surface area contributed by atoms with Crippen molar-refractivity contribution in [2.75, 3.05) is 23.5 Å². The van der Waals surface area contributed by atoms with Gasteiger partial charge in [0.05, 0.1) is 6.20 Å². The minimum absolute atomic E-state index is 0.279. The molecule has 3 aromatic rings. The van der Waals surface area contributed by atoms with E-state index in [0.717, 1.165) is 24.3 Å². The van der Waals surface area contributed by atoms with Crippen LogP contribution in [0.25, 0.3) is 16.5 Å². The predicted octanol–water partition coefficient (Wildman–Crippen LogP) is 5.09. The third kappa shape index (κ3) is 3.96. The van der Waals surface area contributed by atoms with Crippen LogP contribution in [0.3, 0.4) is 0 Å². The lowest BCUT2D eigenvalue weighted by atomic mass is 9.86. The molecule has 3 atom stereocenters. The number of piperidine rings is 1. The van der Waals surface area contributed by atoms with Gasteiger partial charge in [0.1, 0.15) is 16.4 Å². The van der Waals surface area contributed by atoms with E-state index in [2.05, 4.69) is 35.0 Å². The van der Waals surface area contributed by atoms with Gasteiger partial charge >= 0.3 is 6.18 Å². The number of rotatable bonds is 4. The lowest BCUT2D eigenvalue weighted by molar-refractivity contribution is -0.134. The largest absolute Gasteiger partial charge is 0.427 e. The second kappa shape index (κ2) is 7.79. The Kier molecular flexibility index (Phi) is 5.50. The Hall–Kier alpha value is -1.81. The highest BCUT2D eigenvalue weighted by Gasteiger charge is 2.34. The number of nitrogens with zero attached hydrogens (tertiary/aromatic N) is 5. The van der Waals surface area contributed by atoms with Crippen molar-refractivity contribution in [3.63, 3.8) is 0 Å². The Bertz CT molecular complexity index is 999. The topological polar surface area (TPSA) is 46.3 Å². The Balaban J connectivity index is 1.69. The molecule has 0 aromatic carbocycles. The fraction of sp³-hybridized carbons (Fsp3) is 0.526. The lowest BCUT2D eigenvalue weighted by Gasteiger charge is -2.43. The molecule has 0 radical (unpaired) electrons. The highest BCUT2D eigenvalue weighted by atomic mass is 32.2. The summed E-state index contributed by atoms with van der Waals surface area (Å²) in [7, 11) is 0. The van der Waals surface area contributed by atoms with Crippen LogP contribution in [0.5, 0.6) is 0 Å². The molecule has 0 bridgehead atoms. The van der Waals surface area contributed by atoms with E-state index in [9.17, 15) is 13.2 Å². The minimum Gasteiger partial charge on any atom is -0.353 e. The zero-order valence-electron chi connectivity index (χ0n) is 16.3. The first-order valence-electron chi connectivity index (χ1n) is 9.41. The number of thiazole rings is 1. The summed E-state index contributed by atoms with van der Waals surface area (Å²) >= 11 is 2.47. The number of halogens is 3. The van der Waals surface area contributed by atoms with Gasteiger partial charge in [-0.15, -0.1) is 0 Å². The molecule has 0 N–H and O–H groups in total. The molecule has 1 aliphatic heterocycles. The molecule has 10 heteroatoms. The Morgan fingerprint density at radius 3 is 2.79 bits per heavy atom. The fourth-order valence-corrected chi connectivity index (χ4v) is 5.65. The van der Waals surface area contributed by atoms with E-state index in [0.29, 0.717) is 40.7 Å². The number of fused-ring (bicyclic) bond motifs is 1. The van der Waals surface area contributed by atoms with Gasteiger partial charge in [0.25, 0.3) is 0 Å². The van der Waals surface area contributed by atoms with E-state index in [1.807, 2.05) is 17.8 Å². The van der Waals surface area contributed by atoms with Gasteiger partial charge in [0.2, 0.25) is 0 Å². The van der Waals surface area contributed by atoms with Crippen molar-refractivity contribution in [2.45, 2.75) is 32.5 Å². The molecule has 1 saturated heterocycles. The van der Waals surface area contributed by atoms with Crippen LogP contribution >= 0.6 is 23.1 Å². The van der Waals surface area contributed by atoms with E-state index < -0.39 is 11.1 Å². The maximum atomic E-state index is 13.1. The van der Waals surface area contributed by atoms with E-state index in [1.165, 1.54) is 17.0 Å². The monoisotopic (exact) mass is 441 g/mol. The number of anilines is 1. The third-order valence-electron chi connectivity index (χ3n) is 5.42. The smallest absolute Gasteiger partial charge is 0.353 e. The van der Waals surface area contributed by atoms with Crippen molar-refractivity contribution in [3.05, 3.63) is 29.5 Å². The molecule has 4 rings (SSSR count). The summed E-state index contributed by atoms with van der Waals surface area (Å²) in [5.41, 5.74) is 0.465. The van der Waals surface area contributed by atoms with Gasteiger partial charge in [0.15, 0.2) is 10.8 Å². The molecule has 3 aromatic heterocycles. The van der Waals surface area contributed by atoms with Gasteiger partial charge in [0, 0.05) is 25.0 Å². The van der Waals surface area contributed by atoms with Crippen LogP contribution in [-0.4, -0.2) is 43.9 Å². The van der Waals surface area contributed by atoms with E-state index in [-0.39, 0.29) is 4.96 Å². The molecule has 29 heavy (non-hydrogen) atoms. The Labute approximate surface area is 175 Å². The van der Waals surface area contributed by atoms with Crippen molar-refractivity contribution in [2.24, 2.45) is 11.8 Å². The van der Waals surface area contributed by atoms with Gasteiger partial charge in [-0.25, -0.2) is 15.0 Å². The van der Waals surface area contributed by atoms with Crippen LogP contribution in [0.1, 0.15) is 25.1 Å². The summed E-state index contributed by atoms with van der Waals surface area (Å²) in [6.07, 6.45) is 3.19. The molecule has 5 nitrogen and oxygen atoms in total. The van der Waals surface area contributed by atoms with Gasteiger partial charge in [-0.1, -0.05) is 18.3 Å². The van der Waals surface area contributed by atoms with Crippen molar-refractivity contribution >= 4 is 33.9 Å². The van der Waals surface area contributed by atoms with Crippen molar-refractivity contribution in [1.82, 2.24) is 19.4 Å². The van der Waals surface area contributed by atoms with Gasteiger partial charge in [-0.05, 0) is 43.3 Å². The number of hydrogen-bond donors (Lipinski definition) is 0. The normalized spacial score (nSPS) is 23.1. The van der Waals surface area contributed by atoms with Gasteiger partial charge in [-0.3, -0.25) is 4.40 Å². The number of aromatic nitrogens is 4. The second-order valence-electron chi connectivity index (χ2n) is 7.58. The summed E-state index contributed by atoms with van der Waals surface area (Å²) in [4.78, 5) is 15.0. The van der Waals surface area contributed by atoms with Crippen molar-refractivity contribution < 1.29 is 13.2 Å². The van der Waals surface area contributed by atoms with Crippen molar-refractivity contribution in [3.8, 4) is 11.5 Å². The number of imidazole rings is 1. The van der Waals surface area contributed by atoms with E-state index >= 15 is 0 Å². The standard InChI is InChI=1S/C19H22F3N5S2/c1-11-6-13(10-28-3)12(2)26(8-11)16-4-5-23-17(25-16)14-7-24-18-27(14)9-15(29-18)19(20,21)22/h4-5,7,9,11-13H,6,8,10H2,1-3H3. The van der Waals surface area contributed by atoms with Crippen LogP contribution < -0.4 is 4.90 Å². The Morgan fingerprint density at radius 1 is 1.28 bits per heavy atom. The van der Waals surface area contributed by atoms with Crippen LogP contribution in [0, 0.1) is 11.8 Å². The molecular formula is C19H22F3N5S2. The molecule has 156 valence electrons. The number of thioether (sulfide) groups is 1. The summed E-state index contributed by atoms with van der Waals surface area (Å²) in [5, 5.41) is 0.